The largest absolute Gasteiger partial charge is 0.445 e. The molecule has 0 N–H and O–H groups in total. The molecule has 0 bridgehead atoms. The Morgan fingerprint density at radius 1 is 1.44 bits per heavy atom. The third kappa shape index (κ3) is 3.07. The molecule has 0 unspecified atom stereocenters. The van der Waals surface area contributed by atoms with Crippen molar-refractivity contribution in [2.75, 3.05) is 6.54 Å². The summed E-state index contributed by atoms with van der Waals surface area (Å²) in [4.78, 5) is 14.6. The van der Waals surface area contributed by atoms with Gasteiger partial charge in [0, 0.05) is 11.4 Å². The van der Waals surface area contributed by atoms with Crippen molar-refractivity contribution in [2.45, 2.75) is 32.4 Å². The topological polar surface area (TPSA) is 29.5 Å². The number of ether oxygens (including phenoxy) is 1. The zero-order valence-corrected chi connectivity index (χ0v) is 11.3. The summed E-state index contributed by atoms with van der Waals surface area (Å²) in [6.07, 6.45) is 1.69. The first-order chi connectivity index (χ1) is 8.68. The molecule has 96 valence electrons. The van der Waals surface area contributed by atoms with Crippen LogP contribution in [0.25, 0.3) is 0 Å². The van der Waals surface area contributed by atoms with Crippen LogP contribution in [0.5, 0.6) is 0 Å². The van der Waals surface area contributed by atoms with Gasteiger partial charge in [-0.1, -0.05) is 42.5 Å². The van der Waals surface area contributed by atoms with Crippen molar-refractivity contribution in [3.63, 3.8) is 0 Å². The van der Waals surface area contributed by atoms with E-state index in [9.17, 15) is 4.79 Å². The SMILES string of the molecule is CC(=S)[C@@H]1CCCN1C(=O)OCc1ccccc1. The Hall–Kier alpha value is -1.42. The van der Waals surface area contributed by atoms with E-state index in [4.69, 9.17) is 17.0 Å². The van der Waals surface area contributed by atoms with Crippen LogP contribution in [0.3, 0.4) is 0 Å². The van der Waals surface area contributed by atoms with Gasteiger partial charge in [-0.2, -0.15) is 0 Å². The molecular formula is C14H17NO2S. The Balaban J connectivity index is 1.90. The molecule has 0 aliphatic carbocycles. The van der Waals surface area contributed by atoms with Crippen LogP contribution in [0, 0.1) is 0 Å². The average Bonchev–Trinajstić information content (AvgIpc) is 2.86. The molecule has 0 radical (unpaired) electrons. The quantitative estimate of drug-likeness (QED) is 0.784. The first-order valence-corrected chi connectivity index (χ1v) is 6.57. The van der Waals surface area contributed by atoms with Crippen LogP contribution in [-0.4, -0.2) is 28.4 Å². The van der Waals surface area contributed by atoms with Gasteiger partial charge in [0.2, 0.25) is 0 Å². The van der Waals surface area contributed by atoms with Crippen molar-refractivity contribution in [1.29, 1.82) is 0 Å². The Morgan fingerprint density at radius 2 is 2.17 bits per heavy atom. The Morgan fingerprint density at radius 3 is 2.83 bits per heavy atom. The summed E-state index contributed by atoms with van der Waals surface area (Å²) in [5.74, 6) is 0. The predicted molar refractivity (Wildman–Crippen MR) is 74.6 cm³/mol. The first-order valence-electron chi connectivity index (χ1n) is 6.16. The molecule has 1 atom stereocenters. The second kappa shape index (κ2) is 5.96. The van der Waals surface area contributed by atoms with E-state index in [1.54, 1.807) is 4.90 Å². The lowest BCUT2D eigenvalue weighted by molar-refractivity contribution is 0.0994. The summed E-state index contributed by atoms with van der Waals surface area (Å²) in [6.45, 7) is 2.95. The highest BCUT2D eigenvalue weighted by molar-refractivity contribution is 7.80. The minimum atomic E-state index is -0.259. The van der Waals surface area contributed by atoms with Crippen LogP contribution in [0.15, 0.2) is 30.3 Å². The minimum Gasteiger partial charge on any atom is -0.445 e. The maximum Gasteiger partial charge on any atom is 0.410 e. The number of likely N-dealkylation sites (tertiary alicyclic amines) is 1. The van der Waals surface area contributed by atoms with E-state index in [1.165, 1.54) is 0 Å². The molecule has 1 heterocycles. The molecule has 18 heavy (non-hydrogen) atoms. The molecule has 1 fully saturated rings. The number of hydrogen-bond acceptors (Lipinski definition) is 3. The van der Waals surface area contributed by atoms with Crippen molar-refractivity contribution in [2.24, 2.45) is 0 Å². The van der Waals surface area contributed by atoms with Crippen molar-refractivity contribution in [3.8, 4) is 0 Å². The Bertz CT molecular complexity index is 433. The number of benzene rings is 1. The van der Waals surface area contributed by atoms with Crippen molar-refractivity contribution in [3.05, 3.63) is 35.9 Å². The molecule has 1 saturated heterocycles. The zero-order chi connectivity index (χ0) is 13.0. The minimum absolute atomic E-state index is 0.0725. The number of carbonyl (C=O) groups is 1. The number of carbonyl (C=O) groups excluding carboxylic acids is 1. The fraction of sp³-hybridized carbons (Fsp3) is 0.429. The summed E-state index contributed by atoms with van der Waals surface area (Å²) in [6, 6.07) is 9.77. The molecule has 2 rings (SSSR count). The second-order valence-corrected chi connectivity index (χ2v) is 5.15. The molecule has 1 amide bonds. The molecule has 0 aromatic heterocycles. The fourth-order valence-electron chi connectivity index (χ4n) is 2.21. The third-order valence-electron chi connectivity index (χ3n) is 3.16. The number of amides is 1. The number of thiocarbonyl (C=S) groups is 1. The lowest BCUT2D eigenvalue weighted by Gasteiger charge is -2.23. The molecule has 0 spiro atoms. The van der Waals surface area contributed by atoms with Gasteiger partial charge in [-0.3, -0.25) is 0 Å². The summed E-state index contributed by atoms with van der Waals surface area (Å²) >= 11 is 5.18. The van der Waals surface area contributed by atoms with E-state index in [1.807, 2.05) is 37.3 Å². The summed E-state index contributed by atoms with van der Waals surface area (Å²) < 4.78 is 5.32. The van der Waals surface area contributed by atoms with Gasteiger partial charge < -0.3 is 9.64 Å². The van der Waals surface area contributed by atoms with E-state index in [-0.39, 0.29) is 12.1 Å². The van der Waals surface area contributed by atoms with Crippen LogP contribution >= 0.6 is 12.2 Å². The van der Waals surface area contributed by atoms with Crippen LogP contribution in [0.2, 0.25) is 0 Å². The van der Waals surface area contributed by atoms with E-state index >= 15 is 0 Å². The van der Waals surface area contributed by atoms with E-state index in [0.29, 0.717) is 6.61 Å². The monoisotopic (exact) mass is 263 g/mol. The normalized spacial score (nSPS) is 18.7. The Kier molecular flexibility index (Phi) is 4.31. The maximum atomic E-state index is 12.0. The standard InChI is InChI=1S/C14H17NO2S/c1-11(18)13-8-5-9-15(13)14(16)17-10-12-6-3-2-4-7-12/h2-4,6-7,13H,5,8-10H2,1H3/t13-/m0/s1. The highest BCUT2D eigenvalue weighted by Gasteiger charge is 2.30. The average molecular weight is 263 g/mol. The van der Waals surface area contributed by atoms with Gasteiger partial charge in [-0.25, -0.2) is 4.79 Å². The molecule has 1 aliphatic heterocycles. The van der Waals surface area contributed by atoms with Crippen molar-refractivity contribution in [1.82, 2.24) is 4.90 Å². The number of nitrogens with zero attached hydrogens (tertiary/aromatic N) is 1. The summed E-state index contributed by atoms with van der Waals surface area (Å²) in [7, 11) is 0. The van der Waals surface area contributed by atoms with E-state index < -0.39 is 0 Å². The van der Waals surface area contributed by atoms with Crippen LogP contribution in [0.4, 0.5) is 4.79 Å². The van der Waals surface area contributed by atoms with Gasteiger partial charge >= 0.3 is 6.09 Å². The lowest BCUT2D eigenvalue weighted by Crippen LogP contribution is -2.39. The van der Waals surface area contributed by atoms with Crippen molar-refractivity contribution >= 4 is 23.2 Å². The van der Waals surface area contributed by atoms with Gasteiger partial charge in [-0.15, -0.1) is 0 Å². The second-order valence-electron chi connectivity index (χ2n) is 4.50. The van der Waals surface area contributed by atoms with E-state index in [2.05, 4.69) is 0 Å². The number of rotatable bonds is 3. The molecule has 3 nitrogen and oxygen atoms in total. The highest BCUT2D eigenvalue weighted by Crippen LogP contribution is 2.20. The maximum absolute atomic E-state index is 12.0. The molecule has 1 aromatic rings. The first kappa shape index (κ1) is 13.0. The number of hydrogen-bond donors (Lipinski definition) is 0. The molecule has 1 aliphatic rings. The predicted octanol–water partition coefficient (Wildman–Crippen LogP) is 3.18. The third-order valence-corrected chi connectivity index (χ3v) is 3.43. The Labute approximate surface area is 113 Å². The van der Waals surface area contributed by atoms with Crippen LogP contribution in [0.1, 0.15) is 25.3 Å². The summed E-state index contributed by atoms with van der Waals surface area (Å²) in [5.41, 5.74) is 1.00. The van der Waals surface area contributed by atoms with Crippen molar-refractivity contribution < 1.29 is 9.53 Å². The molecule has 0 saturated carbocycles. The van der Waals surface area contributed by atoms with Gasteiger partial charge in [-0.05, 0) is 25.3 Å². The van der Waals surface area contributed by atoms with Gasteiger partial charge in [0.15, 0.2) is 0 Å². The highest BCUT2D eigenvalue weighted by atomic mass is 32.1. The van der Waals surface area contributed by atoms with Gasteiger partial charge in [0.1, 0.15) is 6.61 Å². The molecule has 1 aromatic carbocycles. The molecule has 4 heteroatoms. The van der Waals surface area contributed by atoms with E-state index in [0.717, 1.165) is 29.8 Å². The summed E-state index contributed by atoms with van der Waals surface area (Å²) in [5, 5.41) is 0. The zero-order valence-electron chi connectivity index (χ0n) is 10.5. The smallest absolute Gasteiger partial charge is 0.410 e. The molecular weight excluding hydrogens is 246 g/mol. The van der Waals surface area contributed by atoms with Crippen LogP contribution < -0.4 is 0 Å². The lowest BCUT2D eigenvalue weighted by atomic mass is 10.2. The van der Waals surface area contributed by atoms with Gasteiger partial charge in [0.25, 0.3) is 0 Å². The van der Waals surface area contributed by atoms with Gasteiger partial charge in [0.05, 0.1) is 6.04 Å². The van der Waals surface area contributed by atoms with Crippen LogP contribution in [-0.2, 0) is 11.3 Å². The fourth-order valence-corrected chi connectivity index (χ4v) is 2.46.